The maximum Gasteiger partial charge on any atom is 0.387 e. The van der Waals surface area contributed by atoms with E-state index in [0.29, 0.717) is 4.47 Å². The van der Waals surface area contributed by atoms with Crippen LogP contribution in [0.25, 0.3) is 0 Å². The third-order valence-electron chi connectivity index (χ3n) is 2.91. The Bertz CT molecular complexity index is 604. The summed E-state index contributed by atoms with van der Waals surface area (Å²) in [5, 5.41) is 3.20. The minimum absolute atomic E-state index is 0.0667. The summed E-state index contributed by atoms with van der Waals surface area (Å²) in [5.41, 5.74) is 1.65. The molecule has 0 heterocycles. The van der Waals surface area contributed by atoms with E-state index in [9.17, 15) is 13.2 Å². The van der Waals surface area contributed by atoms with Crippen molar-refractivity contribution in [2.75, 3.05) is 5.32 Å². The highest BCUT2D eigenvalue weighted by Crippen LogP contribution is 2.25. The van der Waals surface area contributed by atoms with E-state index in [1.165, 1.54) is 18.2 Å². The number of anilines is 1. The molecule has 6 heteroatoms. The summed E-state index contributed by atoms with van der Waals surface area (Å²) in [6.07, 6.45) is 0. The van der Waals surface area contributed by atoms with Gasteiger partial charge in [0.25, 0.3) is 0 Å². The molecule has 0 aliphatic rings. The van der Waals surface area contributed by atoms with E-state index < -0.39 is 6.61 Å². The lowest BCUT2D eigenvalue weighted by atomic mass is 10.1. The summed E-state index contributed by atoms with van der Waals surface area (Å²) in [7, 11) is 0. The van der Waals surface area contributed by atoms with Crippen molar-refractivity contribution in [3.63, 3.8) is 0 Å². The van der Waals surface area contributed by atoms with Crippen molar-refractivity contribution in [1.82, 2.24) is 0 Å². The Hall–Kier alpha value is -1.69. The molecule has 1 N–H and O–H groups in total. The van der Waals surface area contributed by atoms with Gasteiger partial charge in [-0.1, -0.05) is 12.1 Å². The fourth-order valence-corrected chi connectivity index (χ4v) is 2.24. The molecule has 2 aromatic rings. The normalized spacial score (nSPS) is 12.3. The molecule has 1 unspecified atom stereocenters. The number of ether oxygens (including phenoxy) is 1. The Balaban J connectivity index is 2.05. The van der Waals surface area contributed by atoms with E-state index in [1.54, 1.807) is 24.3 Å². The minimum Gasteiger partial charge on any atom is -0.435 e. The molecule has 0 bridgehead atoms. The van der Waals surface area contributed by atoms with Gasteiger partial charge in [-0.05, 0) is 58.7 Å². The number of hydrogen-bond donors (Lipinski definition) is 1. The summed E-state index contributed by atoms with van der Waals surface area (Å²) in [5.74, 6) is -0.216. The SMILES string of the molecule is CC(Nc1ccc(F)c(Br)c1)c1ccc(OC(F)F)cc1. The van der Waals surface area contributed by atoms with Crippen LogP contribution in [0.5, 0.6) is 5.75 Å². The Morgan fingerprint density at radius 3 is 2.33 bits per heavy atom. The fraction of sp³-hybridized carbons (Fsp3) is 0.200. The van der Waals surface area contributed by atoms with Gasteiger partial charge in [-0.25, -0.2) is 4.39 Å². The van der Waals surface area contributed by atoms with Crippen molar-refractivity contribution in [2.45, 2.75) is 19.6 Å². The van der Waals surface area contributed by atoms with Crippen LogP contribution in [0.15, 0.2) is 46.9 Å². The zero-order valence-corrected chi connectivity index (χ0v) is 12.7. The summed E-state index contributed by atoms with van der Waals surface area (Å²) in [6, 6.07) is 10.9. The van der Waals surface area contributed by atoms with Crippen molar-refractivity contribution >= 4 is 21.6 Å². The smallest absolute Gasteiger partial charge is 0.387 e. The van der Waals surface area contributed by atoms with Crippen molar-refractivity contribution < 1.29 is 17.9 Å². The van der Waals surface area contributed by atoms with Crippen LogP contribution >= 0.6 is 15.9 Å². The predicted octanol–water partition coefficient (Wildman–Crippen LogP) is 5.36. The molecule has 0 aromatic heterocycles. The molecular weight excluding hydrogens is 347 g/mol. The number of halogens is 4. The molecule has 2 aromatic carbocycles. The molecule has 2 rings (SSSR count). The molecule has 112 valence electrons. The van der Waals surface area contributed by atoms with Crippen LogP contribution < -0.4 is 10.1 Å². The van der Waals surface area contributed by atoms with Crippen LogP contribution in [0.2, 0.25) is 0 Å². The third kappa shape index (κ3) is 4.39. The van der Waals surface area contributed by atoms with Gasteiger partial charge in [-0.2, -0.15) is 8.78 Å². The first-order valence-electron chi connectivity index (χ1n) is 6.22. The second kappa shape index (κ2) is 6.85. The van der Waals surface area contributed by atoms with Crippen molar-refractivity contribution in [2.24, 2.45) is 0 Å². The third-order valence-corrected chi connectivity index (χ3v) is 3.52. The Labute approximate surface area is 129 Å². The molecule has 21 heavy (non-hydrogen) atoms. The van der Waals surface area contributed by atoms with Gasteiger partial charge in [0.2, 0.25) is 0 Å². The standard InChI is InChI=1S/C15H13BrF3NO/c1-9(20-11-4-7-14(17)13(16)8-11)10-2-5-12(6-3-10)21-15(18)19/h2-9,15,20H,1H3. The molecule has 0 fully saturated rings. The number of benzene rings is 2. The molecule has 2 nitrogen and oxygen atoms in total. The first kappa shape index (κ1) is 15.7. The second-order valence-corrected chi connectivity index (χ2v) is 5.30. The lowest BCUT2D eigenvalue weighted by molar-refractivity contribution is -0.0498. The Kier molecular flexibility index (Phi) is 5.12. The largest absolute Gasteiger partial charge is 0.435 e. The number of nitrogens with one attached hydrogen (secondary N) is 1. The van der Waals surface area contributed by atoms with Gasteiger partial charge >= 0.3 is 6.61 Å². The van der Waals surface area contributed by atoms with E-state index >= 15 is 0 Å². The lowest BCUT2D eigenvalue weighted by Crippen LogP contribution is -2.07. The first-order valence-corrected chi connectivity index (χ1v) is 7.01. The van der Waals surface area contributed by atoms with Gasteiger partial charge in [-0.15, -0.1) is 0 Å². The highest BCUT2D eigenvalue weighted by atomic mass is 79.9. The van der Waals surface area contributed by atoms with Crippen LogP contribution in [0.1, 0.15) is 18.5 Å². The average molecular weight is 360 g/mol. The Morgan fingerprint density at radius 1 is 1.10 bits per heavy atom. The zero-order chi connectivity index (χ0) is 15.4. The number of alkyl halides is 2. The molecule has 0 saturated carbocycles. The summed E-state index contributed by atoms with van der Waals surface area (Å²) < 4.78 is 42.0. The number of rotatable bonds is 5. The molecule has 0 saturated heterocycles. The fourth-order valence-electron chi connectivity index (χ4n) is 1.86. The lowest BCUT2D eigenvalue weighted by Gasteiger charge is -2.16. The van der Waals surface area contributed by atoms with Crippen molar-refractivity contribution in [1.29, 1.82) is 0 Å². The highest BCUT2D eigenvalue weighted by molar-refractivity contribution is 9.10. The number of hydrogen-bond acceptors (Lipinski definition) is 2. The van der Waals surface area contributed by atoms with Crippen LogP contribution in [0.3, 0.4) is 0 Å². The molecule has 0 spiro atoms. The van der Waals surface area contributed by atoms with Gasteiger partial charge in [0.1, 0.15) is 11.6 Å². The van der Waals surface area contributed by atoms with Gasteiger partial charge in [0.15, 0.2) is 0 Å². The van der Waals surface area contributed by atoms with Gasteiger partial charge in [0, 0.05) is 11.7 Å². The minimum atomic E-state index is -2.83. The quantitative estimate of drug-likeness (QED) is 0.775. The van der Waals surface area contributed by atoms with Crippen LogP contribution in [-0.2, 0) is 0 Å². The van der Waals surface area contributed by atoms with E-state index in [-0.39, 0.29) is 17.6 Å². The molecule has 0 radical (unpaired) electrons. The van der Waals surface area contributed by atoms with Crippen LogP contribution in [0, 0.1) is 5.82 Å². The highest BCUT2D eigenvalue weighted by Gasteiger charge is 2.09. The van der Waals surface area contributed by atoms with Gasteiger partial charge in [-0.3, -0.25) is 0 Å². The first-order chi connectivity index (χ1) is 9.95. The Morgan fingerprint density at radius 2 is 1.76 bits per heavy atom. The summed E-state index contributed by atoms with van der Waals surface area (Å²) >= 11 is 3.12. The topological polar surface area (TPSA) is 21.3 Å². The molecule has 1 atom stereocenters. The molecule has 0 aliphatic heterocycles. The monoisotopic (exact) mass is 359 g/mol. The summed E-state index contributed by atoms with van der Waals surface area (Å²) in [4.78, 5) is 0. The van der Waals surface area contributed by atoms with E-state index in [2.05, 4.69) is 26.0 Å². The van der Waals surface area contributed by atoms with Crippen LogP contribution in [-0.4, -0.2) is 6.61 Å². The molecule has 0 amide bonds. The van der Waals surface area contributed by atoms with Crippen molar-refractivity contribution in [3.05, 3.63) is 58.3 Å². The van der Waals surface area contributed by atoms with E-state index in [0.717, 1.165) is 11.3 Å². The predicted molar refractivity (Wildman–Crippen MR) is 79.2 cm³/mol. The molecular formula is C15H13BrF3NO. The van der Waals surface area contributed by atoms with Gasteiger partial charge < -0.3 is 10.1 Å². The van der Waals surface area contributed by atoms with E-state index in [4.69, 9.17) is 0 Å². The van der Waals surface area contributed by atoms with Gasteiger partial charge in [0.05, 0.1) is 4.47 Å². The zero-order valence-electron chi connectivity index (χ0n) is 11.1. The average Bonchev–Trinajstić information content (AvgIpc) is 2.43. The second-order valence-electron chi connectivity index (χ2n) is 4.44. The molecule has 0 aliphatic carbocycles. The summed E-state index contributed by atoms with van der Waals surface area (Å²) in [6.45, 7) is -0.914. The van der Waals surface area contributed by atoms with Crippen molar-refractivity contribution in [3.8, 4) is 5.75 Å². The van der Waals surface area contributed by atoms with Crippen LogP contribution in [0.4, 0.5) is 18.9 Å². The maximum atomic E-state index is 13.2. The maximum absolute atomic E-state index is 13.2. The van der Waals surface area contributed by atoms with E-state index in [1.807, 2.05) is 6.92 Å².